The average molecular weight is 425 g/mol. The SMILES string of the molecule is COCCC1CCc2[nH]c3ncnc(Nc4ccc(F)cc4OC4CCCC4)c3c2C1. The fourth-order valence-electron chi connectivity index (χ4n) is 4.95. The van der Waals surface area contributed by atoms with Crippen LogP contribution in [-0.4, -0.2) is 34.8 Å². The molecular formula is C24H29FN4O2. The molecule has 7 heteroatoms. The summed E-state index contributed by atoms with van der Waals surface area (Å²) in [6.07, 6.45) is 10.3. The number of aryl methyl sites for hydroxylation is 1. The first-order chi connectivity index (χ1) is 15.2. The second-order valence-corrected chi connectivity index (χ2v) is 8.71. The molecule has 1 aromatic carbocycles. The molecule has 3 aromatic rings. The zero-order valence-electron chi connectivity index (χ0n) is 17.9. The fraction of sp³-hybridized carbons (Fsp3) is 0.500. The van der Waals surface area contributed by atoms with E-state index in [0.717, 1.165) is 80.5 Å². The third-order valence-corrected chi connectivity index (χ3v) is 6.60. The van der Waals surface area contributed by atoms with Gasteiger partial charge in [-0.25, -0.2) is 14.4 Å². The van der Waals surface area contributed by atoms with Gasteiger partial charge >= 0.3 is 0 Å². The number of ether oxygens (including phenoxy) is 2. The minimum absolute atomic E-state index is 0.148. The molecule has 2 N–H and O–H groups in total. The number of H-pyrrole nitrogens is 1. The monoisotopic (exact) mass is 424 g/mol. The molecule has 6 nitrogen and oxygen atoms in total. The first-order valence-electron chi connectivity index (χ1n) is 11.3. The summed E-state index contributed by atoms with van der Waals surface area (Å²) in [5, 5.41) is 4.45. The average Bonchev–Trinajstić information content (AvgIpc) is 3.41. The summed E-state index contributed by atoms with van der Waals surface area (Å²) in [5.74, 6) is 1.57. The number of rotatable bonds is 7. The Balaban J connectivity index is 1.47. The lowest BCUT2D eigenvalue weighted by Gasteiger charge is -2.22. The van der Waals surface area contributed by atoms with Gasteiger partial charge in [0.15, 0.2) is 0 Å². The molecule has 0 amide bonds. The van der Waals surface area contributed by atoms with Gasteiger partial charge in [-0.05, 0) is 75.0 Å². The van der Waals surface area contributed by atoms with Crippen molar-refractivity contribution < 1.29 is 13.9 Å². The number of methoxy groups -OCH3 is 1. The van der Waals surface area contributed by atoms with E-state index >= 15 is 0 Å². The molecule has 2 aliphatic rings. The zero-order chi connectivity index (χ0) is 21.2. The molecule has 0 aliphatic heterocycles. The van der Waals surface area contributed by atoms with Crippen molar-refractivity contribution in [1.29, 1.82) is 0 Å². The summed E-state index contributed by atoms with van der Waals surface area (Å²) in [6, 6.07) is 4.65. The van der Waals surface area contributed by atoms with E-state index in [1.54, 1.807) is 19.5 Å². The summed E-state index contributed by atoms with van der Waals surface area (Å²) in [7, 11) is 1.75. The summed E-state index contributed by atoms with van der Waals surface area (Å²) in [6.45, 7) is 0.779. The van der Waals surface area contributed by atoms with Crippen LogP contribution in [0.25, 0.3) is 11.0 Å². The minimum Gasteiger partial charge on any atom is -0.488 e. The Morgan fingerprint density at radius 2 is 2.06 bits per heavy atom. The van der Waals surface area contributed by atoms with E-state index in [1.807, 2.05) is 0 Å². The van der Waals surface area contributed by atoms with Crippen LogP contribution in [0.4, 0.5) is 15.9 Å². The van der Waals surface area contributed by atoms with Crippen LogP contribution in [0, 0.1) is 11.7 Å². The number of anilines is 2. The predicted octanol–water partition coefficient (Wildman–Crippen LogP) is 5.30. The Hall–Kier alpha value is -2.67. The molecule has 1 atom stereocenters. The Morgan fingerprint density at radius 3 is 2.90 bits per heavy atom. The van der Waals surface area contributed by atoms with Crippen LogP contribution in [0.1, 0.15) is 49.8 Å². The summed E-state index contributed by atoms with van der Waals surface area (Å²) in [5.41, 5.74) is 4.10. The number of benzene rings is 1. The standard InChI is InChI=1S/C24H29FN4O2/c1-30-11-10-15-6-8-19-18(12-15)22-23(28-19)26-14-27-24(22)29-20-9-7-16(25)13-21(20)31-17-4-2-3-5-17/h7,9,13-15,17H,2-6,8,10-12H2,1H3,(H2,26,27,28,29). The van der Waals surface area contributed by atoms with Crippen molar-refractivity contribution in [1.82, 2.24) is 15.0 Å². The van der Waals surface area contributed by atoms with Gasteiger partial charge in [0.25, 0.3) is 0 Å². The van der Waals surface area contributed by atoms with Gasteiger partial charge in [-0.1, -0.05) is 0 Å². The molecule has 164 valence electrons. The summed E-state index contributed by atoms with van der Waals surface area (Å²) < 4.78 is 25.4. The van der Waals surface area contributed by atoms with Crippen LogP contribution in [0.2, 0.25) is 0 Å². The van der Waals surface area contributed by atoms with Gasteiger partial charge in [-0.15, -0.1) is 0 Å². The first kappa shape index (κ1) is 20.2. The van der Waals surface area contributed by atoms with Gasteiger partial charge in [-0.2, -0.15) is 0 Å². The third-order valence-electron chi connectivity index (χ3n) is 6.60. The summed E-state index contributed by atoms with van der Waals surface area (Å²) >= 11 is 0. The van der Waals surface area contributed by atoms with Gasteiger partial charge in [-0.3, -0.25) is 0 Å². The number of nitrogens with zero attached hydrogens (tertiary/aromatic N) is 2. The molecule has 2 heterocycles. The molecule has 1 saturated carbocycles. The van der Waals surface area contributed by atoms with Gasteiger partial charge < -0.3 is 19.8 Å². The van der Waals surface area contributed by atoms with Crippen LogP contribution in [0.15, 0.2) is 24.5 Å². The Kier molecular flexibility index (Phi) is 5.76. The molecule has 1 fully saturated rings. The molecule has 2 aromatic heterocycles. The zero-order valence-corrected chi connectivity index (χ0v) is 17.9. The fourth-order valence-corrected chi connectivity index (χ4v) is 4.95. The van der Waals surface area contributed by atoms with E-state index in [9.17, 15) is 4.39 Å². The van der Waals surface area contributed by atoms with E-state index in [2.05, 4.69) is 20.3 Å². The number of fused-ring (bicyclic) bond motifs is 3. The molecule has 0 radical (unpaired) electrons. The maximum Gasteiger partial charge on any atom is 0.146 e. The van der Waals surface area contributed by atoms with Crippen molar-refractivity contribution in [3.8, 4) is 5.75 Å². The lowest BCUT2D eigenvalue weighted by Crippen LogP contribution is -2.15. The third kappa shape index (κ3) is 4.24. The molecule has 5 rings (SSSR count). The normalized spacial score (nSPS) is 19.0. The number of aromatic amines is 1. The van der Waals surface area contributed by atoms with Crippen molar-refractivity contribution in [2.75, 3.05) is 19.0 Å². The lowest BCUT2D eigenvalue weighted by atomic mass is 9.85. The molecular weight excluding hydrogens is 395 g/mol. The second-order valence-electron chi connectivity index (χ2n) is 8.71. The topological polar surface area (TPSA) is 72.1 Å². The number of hydrogen-bond acceptors (Lipinski definition) is 5. The van der Waals surface area contributed by atoms with Crippen LogP contribution in [0.5, 0.6) is 5.75 Å². The Morgan fingerprint density at radius 1 is 1.19 bits per heavy atom. The van der Waals surface area contributed by atoms with E-state index < -0.39 is 0 Å². The van der Waals surface area contributed by atoms with E-state index in [-0.39, 0.29) is 11.9 Å². The lowest BCUT2D eigenvalue weighted by molar-refractivity contribution is 0.173. The molecule has 1 unspecified atom stereocenters. The van der Waals surface area contributed by atoms with Crippen molar-refractivity contribution in [2.45, 2.75) is 57.5 Å². The van der Waals surface area contributed by atoms with Crippen LogP contribution < -0.4 is 10.1 Å². The minimum atomic E-state index is -0.300. The number of aromatic nitrogens is 3. The Bertz CT molecular complexity index is 1060. The van der Waals surface area contributed by atoms with E-state index in [4.69, 9.17) is 9.47 Å². The predicted molar refractivity (Wildman–Crippen MR) is 118 cm³/mol. The van der Waals surface area contributed by atoms with Gasteiger partial charge in [0.1, 0.15) is 29.4 Å². The van der Waals surface area contributed by atoms with E-state index in [0.29, 0.717) is 11.7 Å². The molecule has 0 bridgehead atoms. The molecule has 0 spiro atoms. The molecule has 31 heavy (non-hydrogen) atoms. The van der Waals surface area contributed by atoms with Crippen molar-refractivity contribution >= 4 is 22.5 Å². The van der Waals surface area contributed by atoms with Gasteiger partial charge in [0, 0.05) is 25.5 Å². The van der Waals surface area contributed by atoms with E-state index in [1.165, 1.54) is 23.4 Å². The maximum atomic E-state index is 14.0. The van der Waals surface area contributed by atoms with Gasteiger partial charge in [0.2, 0.25) is 0 Å². The largest absolute Gasteiger partial charge is 0.488 e. The smallest absolute Gasteiger partial charge is 0.146 e. The van der Waals surface area contributed by atoms with Crippen LogP contribution >= 0.6 is 0 Å². The highest BCUT2D eigenvalue weighted by atomic mass is 19.1. The highest BCUT2D eigenvalue weighted by Crippen LogP contribution is 2.38. The maximum absolute atomic E-state index is 14.0. The molecule has 0 saturated heterocycles. The highest BCUT2D eigenvalue weighted by molar-refractivity contribution is 5.93. The highest BCUT2D eigenvalue weighted by Gasteiger charge is 2.25. The number of nitrogens with one attached hydrogen (secondary N) is 2. The van der Waals surface area contributed by atoms with Crippen molar-refractivity contribution in [3.63, 3.8) is 0 Å². The second kappa shape index (κ2) is 8.83. The first-order valence-corrected chi connectivity index (χ1v) is 11.3. The van der Waals surface area contributed by atoms with Crippen LogP contribution in [0.3, 0.4) is 0 Å². The number of halogens is 1. The van der Waals surface area contributed by atoms with Crippen molar-refractivity contribution in [2.24, 2.45) is 5.92 Å². The van der Waals surface area contributed by atoms with Crippen molar-refractivity contribution in [3.05, 3.63) is 41.6 Å². The van der Waals surface area contributed by atoms with Gasteiger partial charge in [0.05, 0.1) is 17.2 Å². The Labute approximate surface area is 181 Å². The molecule has 2 aliphatic carbocycles. The number of hydrogen-bond donors (Lipinski definition) is 2. The summed E-state index contributed by atoms with van der Waals surface area (Å²) in [4.78, 5) is 12.5. The quantitative estimate of drug-likeness (QED) is 0.538. The van der Waals surface area contributed by atoms with Crippen LogP contribution in [-0.2, 0) is 17.6 Å².